The molecule has 5 rings (SSSR count). The molecule has 0 unspecified atom stereocenters. The Labute approximate surface area is 339 Å². The number of nitrogens with one attached hydrogen (secondary N) is 2. The van der Waals surface area contributed by atoms with E-state index in [4.69, 9.17) is 9.47 Å². The van der Waals surface area contributed by atoms with Crippen LogP contribution in [-0.2, 0) is 25.2 Å². The summed E-state index contributed by atoms with van der Waals surface area (Å²) >= 11 is 0. The number of halogens is 6. The fourth-order valence-corrected chi connectivity index (χ4v) is 6.41. The summed E-state index contributed by atoms with van der Waals surface area (Å²) in [5.74, 6) is -0.644. The number of benzene rings is 2. The van der Waals surface area contributed by atoms with Crippen LogP contribution in [0.25, 0.3) is 0 Å². The number of hydrogen-bond donors (Lipinski definition) is 2. The molecule has 0 aliphatic heterocycles. The average Bonchev–Trinajstić information content (AvgIpc) is 3.71. The molecule has 0 saturated heterocycles. The van der Waals surface area contributed by atoms with Gasteiger partial charge in [-0.2, -0.15) is 36.3 Å². The number of aryl methyl sites for hydroxylation is 2. The quantitative estimate of drug-likeness (QED) is 0.0634. The molecule has 0 spiro atoms. The first kappa shape index (κ1) is 46.1. The summed E-state index contributed by atoms with van der Waals surface area (Å²) < 4.78 is 90.4. The van der Waals surface area contributed by atoms with E-state index in [1.165, 1.54) is 49.7 Å². The lowest BCUT2D eigenvalue weighted by Gasteiger charge is -2.17. The van der Waals surface area contributed by atoms with E-state index in [-0.39, 0.29) is 24.6 Å². The zero-order valence-electron chi connectivity index (χ0n) is 34.0. The van der Waals surface area contributed by atoms with Crippen LogP contribution in [-0.4, -0.2) is 32.6 Å². The molecule has 1 saturated carbocycles. The highest BCUT2D eigenvalue weighted by Gasteiger charge is 2.38. The van der Waals surface area contributed by atoms with Gasteiger partial charge in [-0.25, -0.2) is 9.97 Å². The Bertz CT molecular complexity index is 1760. The summed E-state index contributed by atoms with van der Waals surface area (Å²) in [4.78, 5) is 15.6. The van der Waals surface area contributed by atoms with Crippen LogP contribution in [0.5, 0.6) is 11.8 Å². The molecular formula is C44H58F6N6O2. The molecule has 1 fully saturated rings. The second-order valence-electron chi connectivity index (χ2n) is 14.7. The lowest BCUT2D eigenvalue weighted by Crippen LogP contribution is -2.17. The summed E-state index contributed by atoms with van der Waals surface area (Å²) in [6, 6.07) is 15.6. The Balaban J connectivity index is 0.000000257. The van der Waals surface area contributed by atoms with Gasteiger partial charge in [-0.1, -0.05) is 96.4 Å². The Morgan fingerprint density at radius 1 is 0.569 bits per heavy atom. The summed E-state index contributed by atoms with van der Waals surface area (Å²) in [6.07, 6.45) is 9.92. The number of aromatic nitrogens is 4. The minimum Gasteiger partial charge on any atom is -0.477 e. The Hall–Kier alpha value is -4.62. The molecule has 58 heavy (non-hydrogen) atoms. The second kappa shape index (κ2) is 23.7. The fraction of sp³-hybridized carbons (Fsp3) is 0.545. The van der Waals surface area contributed by atoms with Crippen molar-refractivity contribution in [2.24, 2.45) is 0 Å². The van der Waals surface area contributed by atoms with Crippen LogP contribution >= 0.6 is 0 Å². The third-order valence-corrected chi connectivity index (χ3v) is 9.74. The van der Waals surface area contributed by atoms with Crippen molar-refractivity contribution in [1.29, 1.82) is 0 Å². The summed E-state index contributed by atoms with van der Waals surface area (Å²) in [5, 5.41) is 5.94. The molecule has 318 valence electrons. The highest BCUT2D eigenvalue weighted by atomic mass is 19.4. The highest BCUT2D eigenvalue weighted by Crippen LogP contribution is 2.38. The lowest BCUT2D eigenvalue weighted by atomic mass is 10.1. The van der Waals surface area contributed by atoms with E-state index in [9.17, 15) is 26.3 Å². The fourth-order valence-electron chi connectivity index (χ4n) is 6.41. The van der Waals surface area contributed by atoms with Gasteiger partial charge in [0, 0.05) is 23.8 Å². The van der Waals surface area contributed by atoms with Crippen LogP contribution in [0.2, 0.25) is 0 Å². The standard InChI is InChI=1S/C22H28F3N3O.C22H30F3N3O/c1-2-3-4-5-8-16-11-13-17(14-12-16)27-21-26-15-19(22(23,24)25)20(28-21)29-18-9-6-7-10-18;1-3-5-7-8-10-17-11-13-18(14-12-17)27-21-26-16-19(22(23,24)25)20(28-21)29-15-9-6-4-2/h11-15,18H,2-10H2,1H3,(H,26,27,28);11-14,16H,3-10,15H2,1-2H3,(H,26,27,28). The van der Waals surface area contributed by atoms with Crippen LogP contribution in [0.15, 0.2) is 60.9 Å². The van der Waals surface area contributed by atoms with Crippen LogP contribution < -0.4 is 20.1 Å². The van der Waals surface area contributed by atoms with Gasteiger partial charge < -0.3 is 20.1 Å². The summed E-state index contributed by atoms with van der Waals surface area (Å²) in [7, 11) is 0. The van der Waals surface area contributed by atoms with Crippen LogP contribution in [0.1, 0.15) is 139 Å². The minimum absolute atomic E-state index is 0.0826. The lowest BCUT2D eigenvalue weighted by molar-refractivity contribution is -0.140. The first-order chi connectivity index (χ1) is 27.9. The van der Waals surface area contributed by atoms with Gasteiger partial charge in [0.1, 0.15) is 17.2 Å². The van der Waals surface area contributed by atoms with Crippen molar-refractivity contribution in [1.82, 2.24) is 19.9 Å². The molecule has 2 N–H and O–H groups in total. The van der Waals surface area contributed by atoms with Gasteiger partial charge in [0.15, 0.2) is 0 Å². The first-order valence-corrected chi connectivity index (χ1v) is 20.8. The van der Waals surface area contributed by atoms with Crippen LogP contribution in [0.3, 0.4) is 0 Å². The van der Waals surface area contributed by atoms with Gasteiger partial charge in [0.2, 0.25) is 23.7 Å². The van der Waals surface area contributed by atoms with Gasteiger partial charge in [-0.05, 0) is 93.2 Å². The number of ether oxygens (including phenoxy) is 2. The van der Waals surface area contributed by atoms with Gasteiger partial charge in [-0.3, -0.25) is 0 Å². The average molecular weight is 817 g/mol. The van der Waals surface area contributed by atoms with Gasteiger partial charge in [0.25, 0.3) is 0 Å². The highest BCUT2D eigenvalue weighted by molar-refractivity contribution is 5.55. The molecule has 2 aromatic heterocycles. The van der Waals surface area contributed by atoms with E-state index < -0.39 is 35.2 Å². The molecule has 1 aliphatic rings. The third-order valence-electron chi connectivity index (χ3n) is 9.74. The minimum atomic E-state index is -4.56. The van der Waals surface area contributed by atoms with Gasteiger partial charge in [0.05, 0.1) is 6.61 Å². The molecule has 1 aliphatic carbocycles. The maximum Gasteiger partial charge on any atom is 0.423 e. The Kier molecular flexibility index (Phi) is 18.8. The molecule has 0 radical (unpaired) electrons. The van der Waals surface area contributed by atoms with Crippen molar-refractivity contribution in [3.05, 3.63) is 83.2 Å². The van der Waals surface area contributed by atoms with Gasteiger partial charge in [-0.15, -0.1) is 0 Å². The van der Waals surface area contributed by atoms with E-state index in [1.54, 1.807) is 0 Å². The molecule has 14 heteroatoms. The predicted octanol–water partition coefficient (Wildman–Crippen LogP) is 13.6. The zero-order chi connectivity index (χ0) is 41.8. The van der Waals surface area contributed by atoms with Crippen molar-refractivity contribution in [3.8, 4) is 11.8 Å². The van der Waals surface area contributed by atoms with Crippen LogP contribution in [0, 0.1) is 0 Å². The third kappa shape index (κ3) is 16.0. The summed E-state index contributed by atoms with van der Waals surface area (Å²) in [5.41, 5.74) is 2.04. The van der Waals surface area contributed by atoms with Crippen molar-refractivity contribution < 1.29 is 35.8 Å². The Morgan fingerprint density at radius 3 is 1.45 bits per heavy atom. The van der Waals surface area contributed by atoms with Crippen molar-refractivity contribution in [2.45, 2.75) is 148 Å². The van der Waals surface area contributed by atoms with E-state index in [1.807, 2.05) is 55.5 Å². The topological polar surface area (TPSA) is 94.1 Å². The molecule has 2 heterocycles. The smallest absolute Gasteiger partial charge is 0.423 e. The van der Waals surface area contributed by atoms with Crippen molar-refractivity contribution in [2.75, 3.05) is 17.2 Å². The molecule has 8 nitrogen and oxygen atoms in total. The zero-order valence-corrected chi connectivity index (χ0v) is 34.0. The number of hydrogen-bond acceptors (Lipinski definition) is 8. The van der Waals surface area contributed by atoms with E-state index in [0.29, 0.717) is 6.42 Å². The van der Waals surface area contributed by atoms with E-state index >= 15 is 0 Å². The Morgan fingerprint density at radius 2 is 1.00 bits per heavy atom. The first-order valence-electron chi connectivity index (χ1n) is 20.8. The number of rotatable bonds is 21. The maximum atomic E-state index is 13.3. The molecule has 4 aromatic rings. The monoisotopic (exact) mass is 816 g/mol. The maximum absolute atomic E-state index is 13.3. The number of unbranched alkanes of at least 4 members (excludes halogenated alkanes) is 8. The van der Waals surface area contributed by atoms with Crippen LogP contribution in [0.4, 0.5) is 49.6 Å². The second-order valence-corrected chi connectivity index (χ2v) is 14.7. The molecule has 2 aromatic carbocycles. The van der Waals surface area contributed by atoms with Gasteiger partial charge >= 0.3 is 12.4 Å². The van der Waals surface area contributed by atoms with Crippen molar-refractivity contribution >= 4 is 23.3 Å². The van der Waals surface area contributed by atoms with E-state index in [0.717, 1.165) is 88.0 Å². The van der Waals surface area contributed by atoms with Crippen molar-refractivity contribution in [3.63, 3.8) is 0 Å². The summed E-state index contributed by atoms with van der Waals surface area (Å²) in [6.45, 7) is 6.59. The number of alkyl halides is 6. The predicted molar refractivity (Wildman–Crippen MR) is 217 cm³/mol. The number of anilines is 4. The molecule has 0 amide bonds. The van der Waals surface area contributed by atoms with E-state index in [2.05, 4.69) is 44.4 Å². The molecule has 0 bridgehead atoms. The number of nitrogens with zero attached hydrogens (tertiary/aromatic N) is 4. The largest absolute Gasteiger partial charge is 0.477 e. The normalized spacial score (nSPS) is 13.2. The molecule has 0 atom stereocenters. The SMILES string of the molecule is CCCCCCc1ccc(Nc2ncc(C(F)(F)F)c(OC3CCCC3)n2)cc1.CCCCCCc1ccc(Nc2ncc(C(F)(F)F)c(OCCCCC)n2)cc1. The molecular weight excluding hydrogens is 759 g/mol.